The minimum atomic E-state index is -0.139. The SMILES string of the molecule is Cc1nc(/C=C/C(=O)Nc2cccc(C)c2C)cs1. The number of aryl methyl sites for hydroxylation is 2. The number of rotatable bonds is 3. The Hall–Kier alpha value is -1.94. The number of hydrogen-bond acceptors (Lipinski definition) is 3. The Balaban J connectivity index is 2.05. The van der Waals surface area contributed by atoms with Crippen LogP contribution in [0, 0.1) is 20.8 Å². The number of thiazole rings is 1. The van der Waals surface area contributed by atoms with Gasteiger partial charge >= 0.3 is 0 Å². The molecule has 2 aromatic rings. The second-order valence-corrected chi connectivity index (χ2v) is 5.42. The molecule has 1 heterocycles. The first kappa shape index (κ1) is 13.5. The van der Waals surface area contributed by atoms with Crippen LogP contribution in [0.4, 0.5) is 5.69 Å². The standard InChI is InChI=1S/C15H16N2OS/c1-10-5-4-6-14(11(10)2)17-15(18)8-7-13-9-19-12(3)16-13/h4-9H,1-3H3,(H,17,18)/b8-7+. The normalized spacial score (nSPS) is 10.9. The zero-order chi connectivity index (χ0) is 13.8. The minimum absolute atomic E-state index is 0.139. The lowest BCUT2D eigenvalue weighted by Crippen LogP contribution is -2.09. The van der Waals surface area contributed by atoms with Crippen molar-refractivity contribution in [3.63, 3.8) is 0 Å². The Morgan fingerprint density at radius 3 is 2.79 bits per heavy atom. The third kappa shape index (κ3) is 3.51. The van der Waals surface area contributed by atoms with Crippen LogP contribution in [0.2, 0.25) is 0 Å². The minimum Gasteiger partial charge on any atom is -0.322 e. The molecule has 0 unspecified atom stereocenters. The fourth-order valence-electron chi connectivity index (χ4n) is 1.68. The summed E-state index contributed by atoms with van der Waals surface area (Å²) in [5, 5.41) is 5.80. The van der Waals surface area contributed by atoms with Crippen molar-refractivity contribution in [3.05, 3.63) is 51.5 Å². The first-order valence-corrected chi connectivity index (χ1v) is 6.91. The maximum Gasteiger partial charge on any atom is 0.248 e. The average molecular weight is 272 g/mol. The molecule has 0 aliphatic carbocycles. The summed E-state index contributed by atoms with van der Waals surface area (Å²) in [6.45, 7) is 5.97. The van der Waals surface area contributed by atoms with E-state index in [1.807, 2.05) is 44.4 Å². The van der Waals surface area contributed by atoms with Crippen LogP contribution in [-0.4, -0.2) is 10.9 Å². The van der Waals surface area contributed by atoms with Crippen molar-refractivity contribution in [1.82, 2.24) is 4.98 Å². The molecule has 0 bridgehead atoms. The summed E-state index contributed by atoms with van der Waals surface area (Å²) in [6.07, 6.45) is 3.24. The number of nitrogens with zero attached hydrogens (tertiary/aromatic N) is 1. The largest absolute Gasteiger partial charge is 0.322 e. The summed E-state index contributed by atoms with van der Waals surface area (Å²) in [7, 11) is 0. The lowest BCUT2D eigenvalue weighted by molar-refractivity contribution is -0.111. The van der Waals surface area contributed by atoms with Crippen molar-refractivity contribution in [3.8, 4) is 0 Å². The van der Waals surface area contributed by atoms with Crippen molar-refractivity contribution >= 4 is 29.0 Å². The van der Waals surface area contributed by atoms with Gasteiger partial charge in [-0.3, -0.25) is 4.79 Å². The molecule has 2 rings (SSSR count). The smallest absolute Gasteiger partial charge is 0.248 e. The van der Waals surface area contributed by atoms with Gasteiger partial charge in [0.25, 0.3) is 0 Å². The summed E-state index contributed by atoms with van der Waals surface area (Å²) in [5.74, 6) is -0.139. The predicted molar refractivity (Wildman–Crippen MR) is 80.4 cm³/mol. The average Bonchev–Trinajstić information content (AvgIpc) is 2.78. The molecule has 3 nitrogen and oxygen atoms in total. The van der Waals surface area contributed by atoms with Crippen LogP contribution >= 0.6 is 11.3 Å². The lowest BCUT2D eigenvalue weighted by atomic mass is 10.1. The van der Waals surface area contributed by atoms with Gasteiger partial charge in [0.05, 0.1) is 10.7 Å². The van der Waals surface area contributed by atoms with Gasteiger partial charge in [0.15, 0.2) is 0 Å². The van der Waals surface area contributed by atoms with Gasteiger partial charge in [-0.25, -0.2) is 4.98 Å². The molecular weight excluding hydrogens is 256 g/mol. The number of carbonyl (C=O) groups excluding carboxylic acids is 1. The molecule has 0 aliphatic heterocycles. The van der Waals surface area contributed by atoms with Gasteiger partial charge in [-0.05, 0) is 44.0 Å². The Kier molecular flexibility index (Phi) is 4.12. The highest BCUT2D eigenvalue weighted by molar-refractivity contribution is 7.09. The summed E-state index contributed by atoms with van der Waals surface area (Å²) in [6, 6.07) is 5.87. The zero-order valence-electron chi connectivity index (χ0n) is 11.2. The van der Waals surface area contributed by atoms with Gasteiger partial charge < -0.3 is 5.32 Å². The van der Waals surface area contributed by atoms with Gasteiger partial charge in [-0.15, -0.1) is 11.3 Å². The second-order valence-electron chi connectivity index (χ2n) is 4.36. The fraction of sp³-hybridized carbons (Fsp3) is 0.200. The van der Waals surface area contributed by atoms with E-state index in [2.05, 4.69) is 10.3 Å². The molecular formula is C15H16N2OS. The fourth-order valence-corrected chi connectivity index (χ4v) is 2.26. The molecule has 0 radical (unpaired) electrons. The van der Waals surface area contributed by atoms with E-state index < -0.39 is 0 Å². The van der Waals surface area contributed by atoms with E-state index in [9.17, 15) is 4.79 Å². The van der Waals surface area contributed by atoms with E-state index in [0.29, 0.717) is 0 Å². The van der Waals surface area contributed by atoms with Crippen molar-refractivity contribution in [2.24, 2.45) is 0 Å². The van der Waals surface area contributed by atoms with E-state index in [-0.39, 0.29) is 5.91 Å². The molecule has 1 aromatic heterocycles. The van der Waals surface area contributed by atoms with Gasteiger partial charge in [-0.1, -0.05) is 12.1 Å². The van der Waals surface area contributed by atoms with E-state index in [1.54, 1.807) is 17.4 Å². The Bertz CT molecular complexity index is 629. The number of amides is 1. The van der Waals surface area contributed by atoms with Crippen LogP contribution in [0.5, 0.6) is 0 Å². The maximum absolute atomic E-state index is 11.8. The van der Waals surface area contributed by atoms with Crippen LogP contribution < -0.4 is 5.32 Å². The quantitative estimate of drug-likeness (QED) is 0.865. The van der Waals surface area contributed by atoms with Gasteiger partial charge in [0.2, 0.25) is 5.91 Å². The third-order valence-corrected chi connectivity index (χ3v) is 3.70. The third-order valence-electron chi connectivity index (χ3n) is 2.90. The van der Waals surface area contributed by atoms with Crippen LogP contribution in [0.1, 0.15) is 21.8 Å². The Morgan fingerprint density at radius 2 is 2.11 bits per heavy atom. The van der Waals surface area contributed by atoms with E-state index in [1.165, 1.54) is 6.08 Å². The monoisotopic (exact) mass is 272 g/mol. The molecule has 0 saturated heterocycles. The number of hydrogen-bond donors (Lipinski definition) is 1. The van der Waals surface area contributed by atoms with Crippen LogP contribution in [0.15, 0.2) is 29.7 Å². The zero-order valence-corrected chi connectivity index (χ0v) is 12.0. The van der Waals surface area contributed by atoms with Gasteiger partial charge in [-0.2, -0.15) is 0 Å². The Morgan fingerprint density at radius 1 is 1.32 bits per heavy atom. The molecule has 0 aliphatic rings. The second kappa shape index (κ2) is 5.80. The van der Waals surface area contributed by atoms with E-state index in [0.717, 1.165) is 27.5 Å². The van der Waals surface area contributed by atoms with Crippen molar-refractivity contribution in [1.29, 1.82) is 0 Å². The Labute approximate surface area is 117 Å². The first-order chi connectivity index (χ1) is 9.06. The molecule has 1 aromatic carbocycles. The number of benzene rings is 1. The lowest BCUT2D eigenvalue weighted by Gasteiger charge is -2.08. The predicted octanol–water partition coefficient (Wildman–Crippen LogP) is 3.72. The molecule has 0 atom stereocenters. The van der Waals surface area contributed by atoms with E-state index in [4.69, 9.17) is 0 Å². The summed E-state index contributed by atoms with van der Waals surface area (Å²) in [5.41, 5.74) is 3.92. The molecule has 1 amide bonds. The number of aromatic nitrogens is 1. The van der Waals surface area contributed by atoms with Crippen LogP contribution in [0.25, 0.3) is 6.08 Å². The highest BCUT2D eigenvalue weighted by Gasteiger charge is 2.03. The highest BCUT2D eigenvalue weighted by Crippen LogP contribution is 2.18. The van der Waals surface area contributed by atoms with Crippen LogP contribution in [-0.2, 0) is 4.79 Å². The van der Waals surface area contributed by atoms with Gasteiger partial charge in [0, 0.05) is 17.1 Å². The highest BCUT2D eigenvalue weighted by atomic mass is 32.1. The van der Waals surface area contributed by atoms with Crippen molar-refractivity contribution < 1.29 is 4.79 Å². The molecule has 4 heteroatoms. The number of carbonyl (C=O) groups is 1. The summed E-state index contributed by atoms with van der Waals surface area (Å²) < 4.78 is 0. The molecule has 19 heavy (non-hydrogen) atoms. The summed E-state index contributed by atoms with van der Waals surface area (Å²) >= 11 is 1.57. The topological polar surface area (TPSA) is 42.0 Å². The maximum atomic E-state index is 11.8. The van der Waals surface area contributed by atoms with E-state index >= 15 is 0 Å². The molecule has 1 N–H and O–H groups in total. The summed E-state index contributed by atoms with van der Waals surface area (Å²) in [4.78, 5) is 16.1. The van der Waals surface area contributed by atoms with Crippen LogP contribution in [0.3, 0.4) is 0 Å². The molecule has 0 fully saturated rings. The molecule has 98 valence electrons. The van der Waals surface area contributed by atoms with Gasteiger partial charge in [0.1, 0.15) is 0 Å². The first-order valence-electron chi connectivity index (χ1n) is 6.03. The molecule has 0 spiro atoms. The van der Waals surface area contributed by atoms with Crippen molar-refractivity contribution in [2.45, 2.75) is 20.8 Å². The molecule has 0 saturated carbocycles. The number of nitrogens with one attached hydrogen (secondary N) is 1. The number of anilines is 1. The van der Waals surface area contributed by atoms with Crippen molar-refractivity contribution in [2.75, 3.05) is 5.32 Å².